The van der Waals surface area contributed by atoms with Crippen molar-refractivity contribution in [3.05, 3.63) is 29.8 Å². The Morgan fingerprint density at radius 2 is 2.31 bits per heavy atom. The van der Waals surface area contributed by atoms with Crippen molar-refractivity contribution in [3.63, 3.8) is 0 Å². The molecule has 2 nitrogen and oxygen atoms in total. The van der Waals surface area contributed by atoms with E-state index in [2.05, 4.69) is 22.6 Å². The number of alkyl halides is 2. The van der Waals surface area contributed by atoms with Crippen LogP contribution in [-0.4, -0.2) is 16.3 Å². The average molecular weight is 311 g/mol. The van der Waals surface area contributed by atoms with Crippen LogP contribution in [0, 0.1) is 0 Å². The van der Waals surface area contributed by atoms with E-state index >= 15 is 0 Å². The smallest absolute Gasteiger partial charge is 0.177 e. The fraction of sp³-hybridized carbons (Fsp3) is 0.222. The summed E-state index contributed by atoms with van der Waals surface area (Å²) in [7, 11) is 0. The van der Waals surface area contributed by atoms with Crippen LogP contribution in [0.15, 0.2) is 24.3 Å². The van der Waals surface area contributed by atoms with Gasteiger partial charge < -0.3 is 4.74 Å². The molecule has 4 heteroatoms. The quantitative estimate of drug-likeness (QED) is 0.485. The number of rotatable bonds is 4. The molecule has 0 atom stereocenters. The first-order chi connectivity index (χ1) is 6.27. The van der Waals surface area contributed by atoms with Crippen molar-refractivity contribution in [1.29, 1.82) is 0 Å². The summed E-state index contributed by atoms with van der Waals surface area (Å²) in [5.41, 5.74) is 0.595. The molecule has 0 unspecified atom stereocenters. The van der Waals surface area contributed by atoms with Crippen molar-refractivity contribution < 1.29 is 9.53 Å². The molecule has 0 aliphatic carbocycles. The highest BCUT2D eigenvalue weighted by atomic mass is 127. The molecule has 0 spiro atoms. The van der Waals surface area contributed by atoms with Crippen LogP contribution in [0.5, 0.6) is 5.75 Å². The topological polar surface area (TPSA) is 26.3 Å². The highest BCUT2D eigenvalue weighted by Gasteiger charge is 2.04. The predicted octanol–water partition coefficient (Wildman–Crippen LogP) is 2.88. The first kappa shape index (κ1) is 10.8. The Hall–Kier alpha value is -0.290. The minimum absolute atomic E-state index is 0.00763. The summed E-state index contributed by atoms with van der Waals surface area (Å²) < 4.78 is 5.80. The monoisotopic (exact) mass is 310 g/mol. The number of Topliss-reactive ketones (excluding diaryl/α,β-unsaturated/α-hetero) is 1. The number of ketones is 1. The third kappa shape index (κ3) is 3.15. The van der Waals surface area contributed by atoms with Gasteiger partial charge in [-0.25, -0.2) is 0 Å². The van der Waals surface area contributed by atoms with Crippen molar-refractivity contribution in [2.75, 3.05) is 10.5 Å². The minimum atomic E-state index is -0.0828. The highest BCUT2D eigenvalue weighted by Crippen LogP contribution is 2.14. The Balaban J connectivity index is 2.85. The van der Waals surface area contributed by atoms with Gasteiger partial charge in [-0.1, -0.05) is 12.1 Å². The van der Waals surface area contributed by atoms with Crippen LogP contribution in [0.4, 0.5) is 0 Å². The van der Waals surface area contributed by atoms with Crippen LogP contribution in [0.3, 0.4) is 0 Å². The molecule has 0 fully saturated rings. The number of halogens is 2. The van der Waals surface area contributed by atoms with Crippen molar-refractivity contribution >= 4 is 40.0 Å². The van der Waals surface area contributed by atoms with Gasteiger partial charge in [0.05, 0.1) is 5.88 Å². The van der Waals surface area contributed by atoms with Crippen LogP contribution in [0.25, 0.3) is 0 Å². The first-order valence-electron chi connectivity index (χ1n) is 3.66. The highest BCUT2D eigenvalue weighted by molar-refractivity contribution is 14.1. The summed E-state index contributed by atoms with van der Waals surface area (Å²) in [4.78, 5) is 11.2. The standard InChI is InChI=1S/C9H8ClIO2/c10-5-9(12)7-2-1-3-8(4-7)13-6-11/h1-4H,5-6H2. The maximum absolute atomic E-state index is 11.2. The molecule has 1 aromatic carbocycles. The largest absolute Gasteiger partial charge is 0.483 e. The van der Waals surface area contributed by atoms with Gasteiger partial charge in [-0.3, -0.25) is 4.79 Å². The van der Waals surface area contributed by atoms with E-state index < -0.39 is 0 Å². The third-order valence-corrected chi connectivity index (χ3v) is 2.05. The molecule has 0 heterocycles. The van der Waals surface area contributed by atoms with Crippen LogP contribution < -0.4 is 4.74 Å². The van der Waals surface area contributed by atoms with Crippen molar-refractivity contribution in [3.8, 4) is 5.75 Å². The van der Waals surface area contributed by atoms with Crippen molar-refractivity contribution in [2.24, 2.45) is 0 Å². The van der Waals surface area contributed by atoms with Crippen LogP contribution in [-0.2, 0) is 0 Å². The lowest BCUT2D eigenvalue weighted by Crippen LogP contribution is -2.00. The molecule has 70 valence electrons. The normalized spacial score (nSPS) is 9.69. The minimum Gasteiger partial charge on any atom is -0.483 e. The Morgan fingerprint density at radius 1 is 1.54 bits per heavy atom. The molecule has 0 aliphatic heterocycles. The van der Waals surface area contributed by atoms with E-state index in [1.165, 1.54) is 0 Å². The number of hydrogen-bond acceptors (Lipinski definition) is 2. The van der Waals surface area contributed by atoms with Gasteiger partial charge in [0, 0.05) is 5.56 Å². The van der Waals surface area contributed by atoms with Crippen molar-refractivity contribution in [1.82, 2.24) is 0 Å². The zero-order valence-electron chi connectivity index (χ0n) is 6.80. The SMILES string of the molecule is O=C(CCl)c1cccc(OCI)c1. The molecule has 0 radical (unpaired) electrons. The average Bonchev–Trinajstić information content (AvgIpc) is 2.18. The number of carbonyl (C=O) groups excluding carboxylic acids is 1. The number of hydrogen-bond donors (Lipinski definition) is 0. The summed E-state index contributed by atoms with van der Waals surface area (Å²) in [5.74, 6) is 0.624. The van der Waals surface area contributed by atoms with Crippen LogP contribution in [0.1, 0.15) is 10.4 Å². The molecule has 0 amide bonds. The van der Waals surface area contributed by atoms with Gasteiger partial charge >= 0.3 is 0 Å². The number of ether oxygens (including phenoxy) is 1. The molecule has 0 aromatic heterocycles. The molecule has 13 heavy (non-hydrogen) atoms. The van der Waals surface area contributed by atoms with Gasteiger partial charge in [-0.05, 0) is 34.7 Å². The van der Waals surface area contributed by atoms with Crippen molar-refractivity contribution in [2.45, 2.75) is 0 Å². The van der Waals surface area contributed by atoms with Gasteiger partial charge in [0.2, 0.25) is 0 Å². The number of benzene rings is 1. The first-order valence-corrected chi connectivity index (χ1v) is 5.72. The van der Waals surface area contributed by atoms with E-state index in [1.54, 1.807) is 18.2 Å². The molecule has 0 N–H and O–H groups in total. The molecule has 0 saturated carbocycles. The second-order valence-electron chi connectivity index (χ2n) is 2.34. The molecule has 1 rings (SSSR count). The predicted molar refractivity (Wildman–Crippen MR) is 61.0 cm³/mol. The summed E-state index contributed by atoms with van der Waals surface area (Å²) in [6.45, 7) is 0. The molecule has 0 saturated heterocycles. The second kappa shape index (κ2) is 5.44. The Morgan fingerprint density at radius 3 is 2.92 bits per heavy atom. The summed E-state index contributed by atoms with van der Waals surface area (Å²) in [5, 5.41) is 0. The molecule has 0 aliphatic rings. The van der Waals surface area contributed by atoms with Gasteiger partial charge in [0.15, 0.2) is 5.78 Å². The van der Waals surface area contributed by atoms with Gasteiger partial charge in [0.1, 0.15) is 10.4 Å². The van der Waals surface area contributed by atoms with Gasteiger partial charge in [-0.15, -0.1) is 11.6 Å². The van der Waals surface area contributed by atoms with E-state index in [-0.39, 0.29) is 11.7 Å². The molecular weight excluding hydrogens is 302 g/mol. The molecule has 1 aromatic rings. The summed E-state index contributed by atoms with van der Waals surface area (Å²) >= 11 is 7.52. The van der Waals surface area contributed by atoms with E-state index in [9.17, 15) is 4.79 Å². The molecular formula is C9H8ClIO2. The summed E-state index contributed by atoms with van der Waals surface area (Å²) in [6, 6.07) is 7.01. The Labute approximate surface area is 95.4 Å². The van der Waals surface area contributed by atoms with E-state index in [1.807, 2.05) is 6.07 Å². The van der Waals surface area contributed by atoms with Gasteiger partial charge in [-0.2, -0.15) is 0 Å². The third-order valence-electron chi connectivity index (χ3n) is 1.50. The Kier molecular flexibility index (Phi) is 4.52. The fourth-order valence-corrected chi connectivity index (χ4v) is 1.41. The maximum atomic E-state index is 11.2. The van der Waals surface area contributed by atoms with E-state index in [4.69, 9.17) is 16.3 Å². The second-order valence-corrected chi connectivity index (χ2v) is 3.23. The number of carbonyl (C=O) groups is 1. The lowest BCUT2D eigenvalue weighted by Gasteiger charge is -2.03. The lowest BCUT2D eigenvalue weighted by molar-refractivity contribution is 0.102. The zero-order valence-corrected chi connectivity index (χ0v) is 9.71. The Bertz CT molecular complexity index is 301. The lowest BCUT2D eigenvalue weighted by atomic mass is 10.1. The molecule has 0 bridgehead atoms. The van der Waals surface area contributed by atoms with Crippen LogP contribution >= 0.6 is 34.2 Å². The van der Waals surface area contributed by atoms with E-state index in [0.29, 0.717) is 15.9 Å². The fourth-order valence-electron chi connectivity index (χ4n) is 0.899. The van der Waals surface area contributed by atoms with Crippen LogP contribution in [0.2, 0.25) is 0 Å². The zero-order chi connectivity index (χ0) is 9.68. The maximum Gasteiger partial charge on any atom is 0.177 e. The summed E-state index contributed by atoms with van der Waals surface area (Å²) in [6.07, 6.45) is 0. The van der Waals surface area contributed by atoms with Gasteiger partial charge in [0.25, 0.3) is 0 Å². The van der Waals surface area contributed by atoms with E-state index in [0.717, 1.165) is 0 Å².